The normalized spacial score (nSPS) is 11.9. The van der Waals surface area contributed by atoms with Crippen LogP contribution in [0.5, 0.6) is 0 Å². The van der Waals surface area contributed by atoms with Crippen molar-refractivity contribution in [1.82, 2.24) is 4.98 Å². The maximum Gasteiger partial charge on any atom is 0.418 e. The second kappa shape index (κ2) is 4.35. The van der Waals surface area contributed by atoms with Gasteiger partial charge in [-0.3, -0.25) is 0 Å². The van der Waals surface area contributed by atoms with Gasteiger partial charge in [0.1, 0.15) is 5.01 Å². The van der Waals surface area contributed by atoms with Gasteiger partial charge < -0.3 is 0 Å². The van der Waals surface area contributed by atoms with Crippen LogP contribution >= 0.6 is 11.3 Å². The number of halogens is 3. The zero-order chi connectivity index (χ0) is 13.5. The smallest absolute Gasteiger partial charge is 0.235 e. The van der Waals surface area contributed by atoms with Gasteiger partial charge in [0.15, 0.2) is 0 Å². The Balaban J connectivity index is 2.22. The fourth-order valence-corrected chi connectivity index (χ4v) is 2.88. The van der Waals surface area contributed by atoms with Crippen molar-refractivity contribution in [2.75, 3.05) is 0 Å². The largest absolute Gasteiger partial charge is 0.418 e. The Hall–Kier alpha value is -1.88. The first-order valence-electron chi connectivity index (χ1n) is 5.58. The number of fused-ring (bicyclic) bond motifs is 1. The second-order valence-corrected chi connectivity index (χ2v) is 5.07. The molecule has 0 saturated carbocycles. The van der Waals surface area contributed by atoms with Crippen molar-refractivity contribution in [1.29, 1.82) is 0 Å². The molecule has 3 rings (SSSR count). The van der Waals surface area contributed by atoms with E-state index in [2.05, 4.69) is 4.98 Å². The maximum absolute atomic E-state index is 12.9. The van der Waals surface area contributed by atoms with Crippen molar-refractivity contribution in [3.8, 4) is 10.6 Å². The summed E-state index contributed by atoms with van der Waals surface area (Å²) in [6, 6.07) is 13.4. The lowest BCUT2D eigenvalue weighted by molar-refractivity contribution is -0.136. The van der Waals surface area contributed by atoms with E-state index in [9.17, 15) is 13.2 Å². The highest BCUT2D eigenvalue weighted by molar-refractivity contribution is 7.21. The molecule has 0 unspecified atom stereocenters. The summed E-state index contributed by atoms with van der Waals surface area (Å²) in [4.78, 5) is 4.15. The molecule has 0 aliphatic carbocycles. The van der Waals surface area contributed by atoms with E-state index in [1.807, 2.05) is 30.3 Å². The Labute approximate surface area is 111 Å². The van der Waals surface area contributed by atoms with E-state index in [0.29, 0.717) is 9.71 Å². The van der Waals surface area contributed by atoms with E-state index < -0.39 is 11.7 Å². The van der Waals surface area contributed by atoms with Gasteiger partial charge in [-0.2, -0.15) is 13.2 Å². The molecule has 0 radical (unpaired) electrons. The number of hydrogen-bond acceptors (Lipinski definition) is 2. The summed E-state index contributed by atoms with van der Waals surface area (Å²) in [6.45, 7) is 0. The summed E-state index contributed by atoms with van der Waals surface area (Å²) in [7, 11) is 0. The molecule has 1 heterocycles. The van der Waals surface area contributed by atoms with Crippen LogP contribution in [0.4, 0.5) is 13.2 Å². The van der Waals surface area contributed by atoms with E-state index in [0.717, 1.165) is 11.6 Å². The number of para-hydroxylation sites is 1. The lowest BCUT2D eigenvalue weighted by atomic mass is 10.2. The lowest BCUT2D eigenvalue weighted by Gasteiger charge is -2.06. The molecule has 0 atom stereocenters. The second-order valence-electron chi connectivity index (χ2n) is 4.04. The first-order chi connectivity index (χ1) is 9.05. The molecule has 0 spiro atoms. The first-order valence-corrected chi connectivity index (χ1v) is 6.39. The molecule has 3 aromatic rings. The number of aromatic nitrogens is 1. The molecule has 96 valence electrons. The summed E-state index contributed by atoms with van der Waals surface area (Å²) in [5.74, 6) is 0. The summed E-state index contributed by atoms with van der Waals surface area (Å²) < 4.78 is 39.2. The topological polar surface area (TPSA) is 12.9 Å². The number of thiazole rings is 1. The molecule has 0 aliphatic heterocycles. The third-order valence-corrected chi connectivity index (χ3v) is 3.81. The summed E-state index contributed by atoms with van der Waals surface area (Å²) in [5, 5.41) is 0.604. The number of hydrogen-bond donors (Lipinski definition) is 0. The molecule has 2 aromatic carbocycles. The number of rotatable bonds is 1. The van der Waals surface area contributed by atoms with Crippen molar-refractivity contribution < 1.29 is 13.2 Å². The maximum atomic E-state index is 12.9. The minimum Gasteiger partial charge on any atom is -0.235 e. The molecule has 0 fully saturated rings. The third kappa shape index (κ3) is 2.21. The number of alkyl halides is 3. The first kappa shape index (κ1) is 12.2. The number of nitrogens with zero attached hydrogens (tertiary/aromatic N) is 1. The minimum absolute atomic E-state index is 0.0267. The van der Waals surface area contributed by atoms with Crippen LogP contribution in [0.15, 0.2) is 48.5 Å². The van der Waals surface area contributed by atoms with Gasteiger partial charge in [0.2, 0.25) is 0 Å². The van der Waals surface area contributed by atoms with Crippen LogP contribution in [0.3, 0.4) is 0 Å². The highest BCUT2D eigenvalue weighted by Gasteiger charge is 2.33. The SMILES string of the molecule is FC(F)(F)c1cccc2sc(-c3ccccc3)nc12. The predicted octanol–water partition coefficient (Wildman–Crippen LogP) is 4.98. The molecule has 1 aromatic heterocycles. The molecular formula is C14H8F3NS. The van der Waals surface area contributed by atoms with Crippen LogP contribution in [-0.2, 0) is 6.18 Å². The van der Waals surface area contributed by atoms with Crippen LogP contribution in [0.25, 0.3) is 20.8 Å². The van der Waals surface area contributed by atoms with Gasteiger partial charge in [-0.15, -0.1) is 11.3 Å². The van der Waals surface area contributed by atoms with Crippen molar-refractivity contribution in [3.05, 3.63) is 54.1 Å². The van der Waals surface area contributed by atoms with Crippen molar-refractivity contribution in [2.24, 2.45) is 0 Å². The highest BCUT2D eigenvalue weighted by Crippen LogP contribution is 2.38. The average molecular weight is 279 g/mol. The molecule has 0 amide bonds. The molecule has 0 bridgehead atoms. The van der Waals surface area contributed by atoms with Crippen LogP contribution in [-0.4, -0.2) is 4.98 Å². The Bertz CT molecular complexity index is 716. The van der Waals surface area contributed by atoms with Gasteiger partial charge in [-0.1, -0.05) is 36.4 Å². The molecule has 0 aliphatic rings. The summed E-state index contributed by atoms with van der Waals surface area (Å²) in [6.07, 6.45) is -4.37. The standard InChI is InChI=1S/C14H8F3NS/c15-14(16,17)10-7-4-8-11-12(10)18-13(19-11)9-5-2-1-3-6-9/h1-8H. The Kier molecular flexibility index (Phi) is 2.78. The lowest BCUT2D eigenvalue weighted by Crippen LogP contribution is -2.05. The fraction of sp³-hybridized carbons (Fsp3) is 0.0714. The van der Waals surface area contributed by atoms with Gasteiger partial charge in [0.05, 0.1) is 15.8 Å². The van der Waals surface area contributed by atoms with Crippen LogP contribution in [0, 0.1) is 0 Å². The predicted molar refractivity (Wildman–Crippen MR) is 70.1 cm³/mol. The highest BCUT2D eigenvalue weighted by atomic mass is 32.1. The Morgan fingerprint density at radius 2 is 1.63 bits per heavy atom. The average Bonchev–Trinajstić information content (AvgIpc) is 2.82. The van der Waals surface area contributed by atoms with Gasteiger partial charge >= 0.3 is 6.18 Å². The van der Waals surface area contributed by atoms with E-state index in [1.54, 1.807) is 6.07 Å². The Morgan fingerprint density at radius 3 is 2.32 bits per heavy atom. The molecule has 1 nitrogen and oxygen atoms in total. The van der Waals surface area contributed by atoms with Crippen molar-refractivity contribution >= 4 is 21.6 Å². The zero-order valence-corrected chi connectivity index (χ0v) is 10.4. The molecule has 5 heteroatoms. The van der Waals surface area contributed by atoms with Gasteiger partial charge in [0, 0.05) is 5.56 Å². The molecule has 0 N–H and O–H groups in total. The molecule has 19 heavy (non-hydrogen) atoms. The minimum atomic E-state index is -4.37. The van der Waals surface area contributed by atoms with Crippen molar-refractivity contribution in [3.63, 3.8) is 0 Å². The monoisotopic (exact) mass is 279 g/mol. The zero-order valence-electron chi connectivity index (χ0n) is 9.61. The van der Waals surface area contributed by atoms with Crippen LogP contribution in [0.1, 0.15) is 5.56 Å². The van der Waals surface area contributed by atoms with Crippen molar-refractivity contribution in [2.45, 2.75) is 6.18 Å². The quantitative estimate of drug-likeness (QED) is 0.612. The summed E-state index contributed by atoms with van der Waals surface area (Å²) in [5.41, 5.74) is 0.180. The molecule has 0 saturated heterocycles. The summed E-state index contributed by atoms with van der Waals surface area (Å²) >= 11 is 1.27. The van der Waals surface area contributed by atoms with E-state index in [-0.39, 0.29) is 5.52 Å². The van der Waals surface area contributed by atoms with E-state index in [1.165, 1.54) is 17.4 Å². The van der Waals surface area contributed by atoms with E-state index in [4.69, 9.17) is 0 Å². The van der Waals surface area contributed by atoms with Crippen LogP contribution < -0.4 is 0 Å². The van der Waals surface area contributed by atoms with Crippen LogP contribution in [0.2, 0.25) is 0 Å². The van der Waals surface area contributed by atoms with Gasteiger partial charge in [0.25, 0.3) is 0 Å². The van der Waals surface area contributed by atoms with E-state index >= 15 is 0 Å². The van der Waals surface area contributed by atoms with Gasteiger partial charge in [-0.05, 0) is 12.1 Å². The number of benzene rings is 2. The Morgan fingerprint density at radius 1 is 0.895 bits per heavy atom. The van der Waals surface area contributed by atoms with Gasteiger partial charge in [-0.25, -0.2) is 4.98 Å². The fourth-order valence-electron chi connectivity index (χ4n) is 1.88. The molecular weight excluding hydrogens is 271 g/mol. The third-order valence-electron chi connectivity index (χ3n) is 2.75.